The molecule has 8 rings (SSSR count). The van der Waals surface area contributed by atoms with Crippen molar-refractivity contribution in [3.05, 3.63) is 192 Å². The highest BCUT2D eigenvalue weighted by Crippen LogP contribution is 2.20. The van der Waals surface area contributed by atoms with E-state index in [1.807, 2.05) is 72.8 Å². The molecule has 0 unspecified atom stereocenters. The van der Waals surface area contributed by atoms with Gasteiger partial charge in [0, 0.05) is 56.6 Å². The molecule has 15 heteroatoms. The average molecular weight is 942 g/mol. The molecule has 5 aromatic carbocycles. The number of nitrogens with zero attached hydrogens (tertiary/aromatic N) is 1. The van der Waals surface area contributed by atoms with E-state index in [9.17, 15) is 38.7 Å². The molecule has 6 amide bonds. The van der Waals surface area contributed by atoms with Crippen molar-refractivity contribution in [2.45, 2.75) is 81.6 Å². The summed E-state index contributed by atoms with van der Waals surface area (Å²) in [5.41, 5.74) is 5.72. The molecule has 5 atom stereocenters. The van der Waals surface area contributed by atoms with Crippen molar-refractivity contribution in [1.82, 2.24) is 31.6 Å². The number of nitrogens with one attached hydrogen (secondary N) is 6. The first kappa shape index (κ1) is 49.4. The Morgan fingerprint density at radius 2 is 1.07 bits per heavy atom. The Morgan fingerprint density at radius 1 is 0.557 bits per heavy atom. The highest BCUT2D eigenvalue weighted by molar-refractivity contribution is 5.97. The van der Waals surface area contributed by atoms with Gasteiger partial charge in [-0.3, -0.25) is 33.8 Å². The van der Waals surface area contributed by atoms with Crippen molar-refractivity contribution in [3.8, 4) is 11.1 Å². The number of aromatic nitrogens is 1. The van der Waals surface area contributed by atoms with E-state index in [1.165, 1.54) is 0 Å². The second-order valence-electron chi connectivity index (χ2n) is 17.2. The Kier molecular flexibility index (Phi) is 17.3. The predicted octanol–water partition coefficient (Wildman–Crippen LogP) is 4.89. The standard InChI is InChI=1S/C55H55N7O8/c63-49-26-27-50(64)58-44(25-20-36-10-4-1-5-11-36)51(65)59-46(33-39-16-21-41(22-17-39)42-28-30-56-31-29-42)53(67)60-45(32-37-12-6-2-7-13-37)52(66)61-47(34-40-18-23-43(57-49)24-19-40)54(68)62-48(55(69)70)35-38-14-8-3-9-15-38/h1-19,21-24,28-31,44-48H,20,25-27,32-35H2,(H,57,63)(H,58,64)(H,59,65)(H,60,67)(H,61,66)(H,62,68)(H,69,70)/t44-,45-,46+,47+,48+/m1/s1. The lowest BCUT2D eigenvalue weighted by molar-refractivity contribution is -0.142. The van der Waals surface area contributed by atoms with Crippen molar-refractivity contribution < 1.29 is 38.7 Å². The molecule has 0 fully saturated rings. The molecule has 1 aromatic heterocycles. The summed E-state index contributed by atoms with van der Waals surface area (Å²) in [6, 6.07) is 38.5. The highest BCUT2D eigenvalue weighted by Gasteiger charge is 2.33. The van der Waals surface area contributed by atoms with Crippen LogP contribution in [0, 0.1) is 0 Å². The first-order valence-corrected chi connectivity index (χ1v) is 23.2. The van der Waals surface area contributed by atoms with E-state index in [0.29, 0.717) is 34.4 Å². The number of carbonyl (C=O) groups is 7. The maximum absolute atomic E-state index is 14.8. The molecule has 0 spiro atoms. The summed E-state index contributed by atoms with van der Waals surface area (Å²) in [7, 11) is 0. The summed E-state index contributed by atoms with van der Waals surface area (Å²) in [6.45, 7) is 0. The number of aryl methyl sites for hydroxylation is 1. The van der Waals surface area contributed by atoms with Crippen LogP contribution in [-0.4, -0.2) is 81.7 Å². The Balaban J connectivity index is 1.23. The molecule has 2 aliphatic rings. The van der Waals surface area contributed by atoms with Gasteiger partial charge in [0.25, 0.3) is 0 Å². The first-order chi connectivity index (χ1) is 33.9. The zero-order valence-corrected chi connectivity index (χ0v) is 38.4. The lowest BCUT2D eigenvalue weighted by Gasteiger charge is -2.27. The van der Waals surface area contributed by atoms with Crippen LogP contribution in [0.3, 0.4) is 0 Å². The lowest BCUT2D eigenvalue weighted by atomic mass is 9.98. The van der Waals surface area contributed by atoms with Gasteiger partial charge in [-0.15, -0.1) is 0 Å². The number of carboxylic acid groups (broad SMARTS) is 1. The van der Waals surface area contributed by atoms with E-state index >= 15 is 0 Å². The van der Waals surface area contributed by atoms with Crippen LogP contribution in [0.5, 0.6) is 0 Å². The number of anilines is 1. The molecule has 3 heterocycles. The fourth-order valence-electron chi connectivity index (χ4n) is 8.13. The Bertz CT molecular complexity index is 2730. The molecule has 2 bridgehead atoms. The van der Waals surface area contributed by atoms with Crippen molar-refractivity contribution in [2.24, 2.45) is 0 Å². The van der Waals surface area contributed by atoms with E-state index in [1.54, 1.807) is 91.3 Å². The second kappa shape index (κ2) is 24.5. The molecule has 70 heavy (non-hydrogen) atoms. The molecule has 6 aromatic rings. The number of aliphatic carboxylic acids is 1. The van der Waals surface area contributed by atoms with Crippen molar-refractivity contribution >= 4 is 47.1 Å². The van der Waals surface area contributed by atoms with E-state index in [0.717, 1.165) is 16.7 Å². The number of hydrogen-bond donors (Lipinski definition) is 7. The summed E-state index contributed by atoms with van der Waals surface area (Å²) in [6.07, 6.45) is 3.31. The van der Waals surface area contributed by atoms with Gasteiger partial charge in [-0.05, 0) is 76.1 Å². The quantitative estimate of drug-likeness (QED) is 0.0782. The van der Waals surface area contributed by atoms with Crippen LogP contribution in [0.25, 0.3) is 11.1 Å². The largest absolute Gasteiger partial charge is 0.480 e. The Morgan fingerprint density at radius 3 is 1.67 bits per heavy atom. The third-order valence-electron chi connectivity index (χ3n) is 12.0. The minimum atomic E-state index is -1.35. The van der Waals surface area contributed by atoms with Gasteiger partial charge in [-0.1, -0.05) is 127 Å². The topological polar surface area (TPSA) is 225 Å². The summed E-state index contributed by atoms with van der Waals surface area (Å²) in [4.78, 5) is 101. The fraction of sp³-hybridized carbons (Fsp3) is 0.236. The van der Waals surface area contributed by atoms with E-state index in [-0.39, 0.29) is 44.9 Å². The van der Waals surface area contributed by atoms with Crippen LogP contribution in [0.1, 0.15) is 47.1 Å². The summed E-state index contributed by atoms with van der Waals surface area (Å²) in [5, 5.41) is 27.0. The monoisotopic (exact) mass is 941 g/mol. The molecule has 0 aliphatic carbocycles. The number of amides is 6. The van der Waals surface area contributed by atoms with E-state index < -0.39 is 71.6 Å². The van der Waals surface area contributed by atoms with Gasteiger partial charge in [0.2, 0.25) is 35.4 Å². The average Bonchev–Trinajstić information content (AvgIpc) is 3.37. The molecule has 358 valence electrons. The van der Waals surface area contributed by atoms with Crippen molar-refractivity contribution in [1.29, 1.82) is 0 Å². The summed E-state index contributed by atoms with van der Waals surface area (Å²) in [5.74, 6) is -5.19. The van der Waals surface area contributed by atoms with Crippen molar-refractivity contribution in [3.63, 3.8) is 0 Å². The molecule has 7 N–H and O–H groups in total. The maximum Gasteiger partial charge on any atom is 0.326 e. The van der Waals surface area contributed by atoms with Crippen LogP contribution < -0.4 is 31.9 Å². The van der Waals surface area contributed by atoms with Crippen LogP contribution in [0.15, 0.2) is 164 Å². The number of carbonyl (C=O) groups excluding carboxylic acids is 6. The molecule has 2 aliphatic heterocycles. The molecule has 0 radical (unpaired) electrons. The number of rotatable bonds is 13. The zero-order chi connectivity index (χ0) is 49.2. The van der Waals surface area contributed by atoms with Gasteiger partial charge in [-0.25, -0.2) is 4.79 Å². The lowest BCUT2D eigenvalue weighted by Crippen LogP contribution is -2.60. The highest BCUT2D eigenvalue weighted by atomic mass is 16.4. The normalized spacial score (nSPS) is 18.7. The van der Waals surface area contributed by atoms with E-state index in [4.69, 9.17) is 0 Å². The Hall–Kier alpha value is -8.46. The number of hydrogen-bond acceptors (Lipinski definition) is 8. The zero-order valence-electron chi connectivity index (χ0n) is 38.4. The number of fused-ring (bicyclic) bond motifs is 18. The predicted molar refractivity (Wildman–Crippen MR) is 264 cm³/mol. The van der Waals surface area contributed by atoms with Crippen molar-refractivity contribution in [2.75, 3.05) is 5.32 Å². The minimum absolute atomic E-state index is 0.0216. The number of carboxylic acids is 1. The second-order valence-corrected chi connectivity index (χ2v) is 17.2. The first-order valence-electron chi connectivity index (χ1n) is 23.2. The van der Waals surface area contributed by atoms with Gasteiger partial charge in [0.15, 0.2) is 0 Å². The number of benzene rings is 5. The van der Waals surface area contributed by atoms with Gasteiger partial charge >= 0.3 is 5.97 Å². The molecular weight excluding hydrogens is 887 g/mol. The summed E-state index contributed by atoms with van der Waals surface area (Å²) < 4.78 is 0. The van der Waals surface area contributed by atoms with Crippen LogP contribution in [-0.2, 0) is 65.7 Å². The third-order valence-corrected chi connectivity index (χ3v) is 12.0. The summed E-state index contributed by atoms with van der Waals surface area (Å²) >= 11 is 0. The van der Waals surface area contributed by atoms with E-state index in [2.05, 4.69) is 36.9 Å². The fourth-order valence-corrected chi connectivity index (χ4v) is 8.13. The third kappa shape index (κ3) is 14.8. The smallest absolute Gasteiger partial charge is 0.326 e. The SMILES string of the molecule is O=C1CCC(=O)N[C@H](CCc2ccccc2)C(=O)N[C@@H](Cc2ccc(-c3ccncc3)cc2)C(=O)N[C@H](Cc2ccccc2)C(=O)N[C@H](C(=O)N[C@@H](Cc2ccccc2)C(=O)O)Cc2ccc(cc2)N1. The molecule has 0 saturated carbocycles. The van der Waals surface area contributed by atoms with Crippen LogP contribution in [0.4, 0.5) is 5.69 Å². The molecule has 0 saturated heterocycles. The van der Waals surface area contributed by atoms with Crippen LogP contribution >= 0.6 is 0 Å². The van der Waals surface area contributed by atoms with Gasteiger partial charge < -0.3 is 37.0 Å². The van der Waals surface area contributed by atoms with Gasteiger partial charge in [-0.2, -0.15) is 0 Å². The van der Waals surface area contributed by atoms with Gasteiger partial charge in [0.1, 0.15) is 30.2 Å². The maximum atomic E-state index is 14.8. The minimum Gasteiger partial charge on any atom is -0.480 e. The van der Waals surface area contributed by atoms with Gasteiger partial charge in [0.05, 0.1) is 0 Å². The van der Waals surface area contributed by atoms with Crippen LogP contribution in [0.2, 0.25) is 0 Å². The number of pyridine rings is 1. The molecule has 15 nitrogen and oxygen atoms in total. The molecular formula is C55H55N7O8. The Labute approximate surface area is 405 Å².